The largest absolute Gasteiger partial charge is 0.493 e. The lowest BCUT2D eigenvalue weighted by Gasteiger charge is -2.28. The van der Waals surface area contributed by atoms with Crippen molar-refractivity contribution in [3.8, 4) is 5.75 Å². The number of nitrogens with one attached hydrogen (secondary N) is 1. The zero-order chi connectivity index (χ0) is 18.7. The molecule has 0 unspecified atom stereocenters. The lowest BCUT2D eigenvalue weighted by atomic mass is 9.82. The lowest BCUT2D eigenvalue weighted by molar-refractivity contribution is -0.126. The smallest absolute Gasteiger partial charge is 0.223 e. The average Bonchev–Trinajstić information content (AvgIpc) is 2.59. The van der Waals surface area contributed by atoms with Crippen LogP contribution < -0.4 is 15.8 Å². The fourth-order valence-corrected chi connectivity index (χ4v) is 3.74. The minimum atomic E-state index is 0.147. The Bertz CT molecular complexity index is 780. The van der Waals surface area contributed by atoms with Crippen molar-refractivity contribution < 1.29 is 9.53 Å². The minimum absolute atomic E-state index is 0.147. The van der Waals surface area contributed by atoms with Gasteiger partial charge in [-0.05, 0) is 70.6 Å². The third-order valence-electron chi connectivity index (χ3n) is 5.08. The third-order valence-corrected chi connectivity index (χ3v) is 5.08. The van der Waals surface area contributed by atoms with Crippen molar-refractivity contribution in [3.05, 3.63) is 30.0 Å². The van der Waals surface area contributed by atoms with Gasteiger partial charge in [-0.1, -0.05) is 6.07 Å². The standard InChI is InChI=1S/C21H29N3O2/c1-13(2)23-21(25)16-9-7-15(8-10-16)12-26-19-6-4-5-18-20(19)17(22)11-14(3)24-18/h4-6,11,13,15-16H,7-10,12H2,1-3H3,(H2,22,24)(H,23,25). The summed E-state index contributed by atoms with van der Waals surface area (Å²) in [5.74, 6) is 1.62. The van der Waals surface area contributed by atoms with E-state index in [4.69, 9.17) is 10.5 Å². The molecular weight excluding hydrogens is 326 g/mol. The van der Waals surface area contributed by atoms with Gasteiger partial charge in [0.1, 0.15) is 5.75 Å². The second-order valence-corrected chi connectivity index (χ2v) is 7.70. The van der Waals surface area contributed by atoms with E-state index in [-0.39, 0.29) is 17.9 Å². The van der Waals surface area contributed by atoms with E-state index in [2.05, 4.69) is 10.3 Å². The zero-order valence-electron chi connectivity index (χ0n) is 15.9. The molecule has 0 saturated heterocycles. The summed E-state index contributed by atoms with van der Waals surface area (Å²) in [6.07, 6.45) is 3.91. The molecule has 1 aromatic heterocycles. The molecule has 0 atom stereocenters. The maximum absolute atomic E-state index is 12.1. The van der Waals surface area contributed by atoms with Crippen molar-refractivity contribution in [3.63, 3.8) is 0 Å². The summed E-state index contributed by atoms with van der Waals surface area (Å²) >= 11 is 0. The SMILES string of the molecule is Cc1cc(N)c2c(OCC3CCC(C(=O)NC(C)C)CC3)cccc2n1. The molecule has 5 heteroatoms. The van der Waals surface area contributed by atoms with Crippen molar-refractivity contribution >= 4 is 22.5 Å². The average molecular weight is 355 g/mol. The molecular formula is C21H29N3O2. The van der Waals surface area contributed by atoms with Crippen molar-refractivity contribution in [2.75, 3.05) is 12.3 Å². The Labute approximate surface area is 155 Å². The Hall–Kier alpha value is -2.30. The summed E-state index contributed by atoms with van der Waals surface area (Å²) in [6, 6.07) is 7.96. The first-order valence-corrected chi connectivity index (χ1v) is 9.53. The van der Waals surface area contributed by atoms with Gasteiger partial charge in [0.2, 0.25) is 5.91 Å². The maximum atomic E-state index is 12.1. The number of aryl methyl sites for hydroxylation is 1. The number of amides is 1. The van der Waals surface area contributed by atoms with Crippen LogP contribution >= 0.6 is 0 Å². The van der Waals surface area contributed by atoms with Crippen LogP contribution in [0.1, 0.15) is 45.2 Å². The van der Waals surface area contributed by atoms with Crippen LogP contribution in [0.25, 0.3) is 10.9 Å². The predicted molar refractivity (Wildman–Crippen MR) is 105 cm³/mol. The molecule has 2 aromatic rings. The van der Waals surface area contributed by atoms with E-state index < -0.39 is 0 Å². The van der Waals surface area contributed by atoms with Gasteiger partial charge in [0.15, 0.2) is 0 Å². The van der Waals surface area contributed by atoms with Gasteiger partial charge in [-0.2, -0.15) is 0 Å². The molecule has 1 saturated carbocycles. The third kappa shape index (κ3) is 4.26. The molecule has 0 aliphatic heterocycles. The number of hydrogen-bond donors (Lipinski definition) is 2. The molecule has 3 N–H and O–H groups in total. The topological polar surface area (TPSA) is 77.2 Å². The first-order valence-electron chi connectivity index (χ1n) is 9.53. The predicted octanol–water partition coefficient (Wildman–Crippen LogP) is 3.84. The minimum Gasteiger partial charge on any atom is -0.493 e. The number of aromatic nitrogens is 1. The molecule has 1 amide bonds. The number of anilines is 1. The quantitative estimate of drug-likeness (QED) is 0.854. The van der Waals surface area contributed by atoms with Gasteiger partial charge in [-0.25, -0.2) is 0 Å². The molecule has 1 aromatic carbocycles. The highest BCUT2D eigenvalue weighted by molar-refractivity contribution is 5.95. The number of carbonyl (C=O) groups excluding carboxylic acids is 1. The highest BCUT2D eigenvalue weighted by Gasteiger charge is 2.27. The second kappa shape index (κ2) is 7.94. The van der Waals surface area contributed by atoms with Crippen LogP contribution in [0, 0.1) is 18.8 Å². The van der Waals surface area contributed by atoms with Gasteiger partial charge in [0.25, 0.3) is 0 Å². The highest BCUT2D eigenvalue weighted by Crippen LogP contribution is 2.33. The van der Waals surface area contributed by atoms with Crippen molar-refractivity contribution in [1.82, 2.24) is 10.3 Å². The Morgan fingerprint density at radius 3 is 2.73 bits per heavy atom. The van der Waals surface area contributed by atoms with Crippen LogP contribution in [0.2, 0.25) is 0 Å². The van der Waals surface area contributed by atoms with Crippen LogP contribution in [0.3, 0.4) is 0 Å². The number of nitrogens with two attached hydrogens (primary N) is 1. The van der Waals surface area contributed by atoms with E-state index in [9.17, 15) is 4.79 Å². The number of benzene rings is 1. The Morgan fingerprint density at radius 1 is 1.31 bits per heavy atom. The molecule has 1 aliphatic rings. The van der Waals surface area contributed by atoms with Gasteiger partial charge < -0.3 is 15.8 Å². The fourth-order valence-electron chi connectivity index (χ4n) is 3.74. The maximum Gasteiger partial charge on any atom is 0.223 e. The molecule has 0 spiro atoms. The van der Waals surface area contributed by atoms with Crippen molar-refractivity contribution in [2.45, 2.75) is 52.5 Å². The number of pyridine rings is 1. The summed E-state index contributed by atoms with van der Waals surface area (Å²) in [5.41, 5.74) is 8.68. The molecule has 26 heavy (non-hydrogen) atoms. The molecule has 140 valence electrons. The van der Waals surface area contributed by atoms with Crippen molar-refractivity contribution in [2.24, 2.45) is 11.8 Å². The monoisotopic (exact) mass is 355 g/mol. The summed E-state index contributed by atoms with van der Waals surface area (Å²) in [4.78, 5) is 16.7. The van der Waals surface area contributed by atoms with Gasteiger partial charge in [0, 0.05) is 23.3 Å². The van der Waals surface area contributed by atoms with E-state index in [0.717, 1.165) is 48.0 Å². The first-order chi connectivity index (χ1) is 12.4. The van der Waals surface area contributed by atoms with Gasteiger partial charge in [0.05, 0.1) is 17.5 Å². The van der Waals surface area contributed by atoms with E-state index >= 15 is 0 Å². The van der Waals surface area contributed by atoms with Crippen LogP contribution in [0.15, 0.2) is 24.3 Å². The Kier molecular flexibility index (Phi) is 5.64. The Morgan fingerprint density at radius 2 is 2.04 bits per heavy atom. The molecule has 0 radical (unpaired) electrons. The number of nitrogens with zero attached hydrogens (tertiary/aromatic N) is 1. The van der Waals surface area contributed by atoms with E-state index in [0.29, 0.717) is 18.2 Å². The number of rotatable bonds is 5. The van der Waals surface area contributed by atoms with Crippen LogP contribution in [0.5, 0.6) is 5.75 Å². The molecule has 3 rings (SSSR count). The molecule has 1 heterocycles. The molecule has 5 nitrogen and oxygen atoms in total. The number of nitrogen functional groups attached to an aromatic ring is 1. The van der Waals surface area contributed by atoms with Crippen LogP contribution in [-0.2, 0) is 4.79 Å². The van der Waals surface area contributed by atoms with E-state index in [1.807, 2.05) is 45.0 Å². The second-order valence-electron chi connectivity index (χ2n) is 7.70. The van der Waals surface area contributed by atoms with Crippen LogP contribution in [-0.4, -0.2) is 23.5 Å². The van der Waals surface area contributed by atoms with Gasteiger partial charge in [-0.15, -0.1) is 0 Å². The number of carbonyl (C=O) groups is 1. The highest BCUT2D eigenvalue weighted by atomic mass is 16.5. The number of fused-ring (bicyclic) bond motifs is 1. The van der Waals surface area contributed by atoms with E-state index in [1.165, 1.54) is 0 Å². The summed E-state index contributed by atoms with van der Waals surface area (Å²) in [6.45, 7) is 6.61. The summed E-state index contributed by atoms with van der Waals surface area (Å²) < 4.78 is 6.12. The number of ether oxygens (including phenoxy) is 1. The zero-order valence-corrected chi connectivity index (χ0v) is 15.9. The van der Waals surface area contributed by atoms with Crippen LogP contribution in [0.4, 0.5) is 5.69 Å². The van der Waals surface area contributed by atoms with Crippen molar-refractivity contribution in [1.29, 1.82) is 0 Å². The molecule has 0 bridgehead atoms. The first kappa shape index (κ1) is 18.5. The number of hydrogen-bond acceptors (Lipinski definition) is 4. The van der Waals surface area contributed by atoms with Gasteiger partial charge in [-0.3, -0.25) is 9.78 Å². The summed E-state index contributed by atoms with van der Waals surface area (Å²) in [7, 11) is 0. The van der Waals surface area contributed by atoms with E-state index in [1.54, 1.807) is 0 Å². The molecule has 1 fully saturated rings. The normalized spacial score (nSPS) is 20.3. The lowest BCUT2D eigenvalue weighted by Crippen LogP contribution is -2.37. The summed E-state index contributed by atoms with van der Waals surface area (Å²) in [5, 5.41) is 3.92. The van der Waals surface area contributed by atoms with Gasteiger partial charge >= 0.3 is 0 Å². The molecule has 1 aliphatic carbocycles. The Balaban J connectivity index is 1.59. The fraction of sp³-hybridized carbons (Fsp3) is 0.524.